The Morgan fingerprint density at radius 3 is 0.853 bits per heavy atom. The third kappa shape index (κ3) is 6.49. The molecule has 186 valence electrons. The SMILES string of the molecule is CC(C)(C)c1cc(/C=N\N=C\c2cc(C(C)(C)C)c(O)c(C(C)(C)C)c2)cc(C(C)(C)C)c1O. The van der Waals surface area contributed by atoms with Crippen LogP contribution in [0.15, 0.2) is 34.5 Å². The summed E-state index contributed by atoms with van der Waals surface area (Å²) < 4.78 is 0. The maximum absolute atomic E-state index is 10.9. The summed E-state index contributed by atoms with van der Waals surface area (Å²) in [6.45, 7) is 25.1. The van der Waals surface area contributed by atoms with Crippen LogP contribution in [-0.4, -0.2) is 22.6 Å². The summed E-state index contributed by atoms with van der Waals surface area (Å²) in [5.41, 5.74) is 4.60. The molecule has 0 radical (unpaired) electrons. The summed E-state index contributed by atoms with van der Waals surface area (Å²) in [5, 5.41) is 30.5. The number of hydrogen-bond acceptors (Lipinski definition) is 4. The van der Waals surface area contributed by atoms with Gasteiger partial charge in [-0.1, -0.05) is 83.1 Å². The van der Waals surface area contributed by atoms with E-state index in [1.54, 1.807) is 12.4 Å². The van der Waals surface area contributed by atoms with Gasteiger partial charge in [-0.25, -0.2) is 0 Å². The lowest BCUT2D eigenvalue weighted by Gasteiger charge is -2.27. The maximum Gasteiger partial charge on any atom is 0.123 e. The Bertz CT molecular complexity index is 937. The number of hydrogen-bond donors (Lipinski definition) is 2. The minimum atomic E-state index is -0.198. The van der Waals surface area contributed by atoms with Crippen LogP contribution in [0.5, 0.6) is 11.5 Å². The largest absolute Gasteiger partial charge is 0.507 e. The van der Waals surface area contributed by atoms with Crippen molar-refractivity contribution in [2.24, 2.45) is 10.2 Å². The smallest absolute Gasteiger partial charge is 0.123 e. The van der Waals surface area contributed by atoms with E-state index < -0.39 is 0 Å². The number of nitrogens with zero attached hydrogens (tertiary/aromatic N) is 2. The van der Waals surface area contributed by atoms with Gasteiger partial charge >= 0.3 is 0 Å². The van der Waals surface area contributed by atoms with Crippen LogP contribution in [0.3, 0.4) is 0 Å². The van der Waals surface area contributed by atoms with E-state index in [0.717, 1.165) is 33.4 Å². The van der Waals surface area contributed by atoms with Gasteiger partial charge in [0.05, 0.1) is 12.4 Å². The molecule has 0 heterocycles. The van der Waals surface area contributed by atoms with Gasteiger partial charge in [0.1, 0.15) is 11.5 Å². The van der Waals surface area contributed by atoms with Crippen molar-refractivity contribution in [3.8, 4) is 11.5 Å². The fraction of sp³-hybridized carbons (Fsp3) is 0.533. The summed E-state index contributed by atoms with van der Waals surface area (Å²) in [7, 11) is 0. The Hall–Kier alpha value is -2.62. The number of benzene rings is 2. The Labute approximate surface area is 206 Å². The van der Waals surface area contributed by atoms with Crippen molar-refractivity contribution in [2.45, 2.75) is 105 Å². The second-order valence-corrected chi connectivity index (χ2v) is 13.4. The highest BCUT2D eigenvalue weighted by atomic mass is 16.3. The molecular formula is C30H44N2O2. The van der Waals surface area contributed by atoms with Crippen molar-refractivity contribution < 1.29 is 10.2 Å². The van der Waals surface area contributed by atoms with Crippen LogP contribution >= 0.6 is 0 Å². The monoisotopic (exact) mass is 464 g/mol. The lowest BCUT2D eigenvalue weighted by atomic mass is 9.78. The Kier molecular flexibility index (Phi) is 7.48. The van der Waals surface area contributed by atoms with Crippen molar-refractivity contribution in [2.75, 3.05) is 0 Å². The van der Waals surface area contributed by atoms with Crippen molar-refractivity contribution in [1.29, 1.82) is 0 Å². The molecule has 0 saturated heterocycles. The number of rotatable bonds is 3. The first-order chi connectivity index (χ1) is 15.2. The van der Waals surface area contributed by atoms with Gasteiger partial charge < -0.3 is 10.2 Å². The highest BCUT2D eigenvalue weighted by Crippen LogP contribution is 2.40. The molecule has 0 aliphatic rings. The molecule has 4 heteroatoms. The van der Waals surface area contributed by atoms with E-state index >= 15 is 0 Å². The molecule has 0 atom stereocenters. The summed E-state index contributed by atoms with van der Waals surface area (Å²) >= 11 is 0. The molecule has 0 aliphatic heterocycles. The molecule has 0 aromatic heterocycles. The second kappa shape index (κ2) is 9.20. The molecule has 2 aromatic carbocycles. The first-order valence-electron chi connectivity index (χ1n) is 12.1. The second-order valence-electron chi connectivity index (χ2n) is 13.4. The van der Waals surface area contributed by atoms with E-state index in [1.807, 2.05) is 24.3 Å². The molecule has 2 N–H and O–H groups in total. The van der Waals surface area contributed by atoms with Crippen molar-refractivity contribution >= 4 is 12.4 Å². The third-order valence-corrected chi connectivity index (χ3v) is 5.98. The summed E-state index contributed by atoms with van der Waals surface area (Å²) in [6.07, 6.45) is 3.46. The summed E-state index contributed by atoms with van der Waals surface area (Å²) in [4.78, 5) is 0. The zero-order valence-electron chi connectivity index (χ0n) is 23.3. The zero-order valence-corrected chi connectivity index (χ0v) is 23.3. The average Bonchev–Trinajstić information content (AvgIpc) is 2.63. The van der Waals surface area contributed by atoms with Gasteiger partial charge in [0.15, 0.2) is 0 Å². The first kappa shape index (κ1) is 27.6. The quantitative estimate of drug-likeness (QED) is 0.360. The van der Waals surface area contributed by atoms with Crippen LogP contribution in [0.2, 0.25) is 0 Å². The zero-order chi connectivity index (χ0) is 26.3. The van der Waals surface area contributed by atoms with E-state index in [0.29, 0.717) is 11.5 Å². The molecule has 0 spiro atoms. The maximum atomic E-state index is 10.9. The Morgan fingerprint density at radius 1 is 0.471 bits per heavy atom. The number of aromatic hydroxyl groups is 2. The lowest BCUT2D eigenvalue weighted by Crippen LogP contribution is -2.18. The van der Waals surface area contributed by atoms with E-state index in [2.05, 4.69) is 93.3 Å². The van der Waals surface area contributed by atoms with Gasteiger partial charge in [0.2, 0.25) is 0 Å². The Balaban J connectivity index is 2.50. The molecule has 0 aliphatic carbocycles. The first-order valence-corrected chi connectivity index (χ1v) is 12.1. The summed E-state index contributed by atoms with van der Waals surface area (Å²) in [6, 6.07) is 7.94. The minimum Gasteiger partial charge on any atom is -0.507 e. The molecule has 4 nitrogen and oxygen atoms in total. The van der Waals surface area contributed by atoms with Gasteiger partial charge in [-0.2, -0.15) is 10.2 Å². The summed E-state index contributed by atoms with van der Waals surface area (Å²) in [5.74, 6) is 0.711. The molecule has 2 rings (SSSR count). The topological polar surface area (TPSA) is 65.2 Å². The number of phenolic OH excluding ortho intramolecular Hbond substituents is 2. The van der Waals surface area contributed by atoms with E-state index in [4.69, 9.17) is 0 Å². The van der Waals surface area contributed by atoms with Crippen molar-refractivity contribution in [1.82, 2.24) is 0 Å². The average molecular weight is 465 g/mol. The highest BCUT2D eigenvalue weighted by molar-refractivity contribution is 5.84. The Morgan fingerprint density at radius 2 is 0.676 bits per heavy atom. The highest BCUT2D eigenvalue weighted by Gasteiger charge is 2.27. The van der Waals surface area contributed by atoms with Gasteiger partial charge in [0.25, 0.3) is 0 Å². The van der Waals surface area contributed by atoms with Crippen molar-refractivity contribution in [3.63, 3.8) is 0 Å². The lowest BCUT2D eigenvalue weighted by molar-refractivity contribution is 0.422. The molecular weight excluding hydrogens is 420 g/mol. The van der Waals surface area contributed by atoms with Crippen LogP contribution in [0.25, 0.3) is 0 Å². The normalized spacial score (nSPS) is 13.9. The van der Waals surface area contributed by atoms with E-state index in [-0.39, 0.29) is 21.7 Å². The molecule has 34 heavy (non-hydrogen) atoms. The van der Waals surface area contributed by atoms with Crippen LogP contribution in [0, 0.1) is 0 Å². The standard InChI is InChI=1S/C30H44N2O2/c1-27(2,3)21-13-19(14-22(25(21)33)28(4,5)6)17-31-32-18-20-15-23(29(7,8)9)26(34)24(16-20)30(10,11)12/h13-18,33-34H,1-12H3/b31-17-,32-18+. The molecule has 0 unspecified atom stereocenters. The molecule has 0 saturated carbocycles. The predicted molar refractivity (Wildman–Crippen MR) is 146 cm³/mol. The van der Waals surface area contributed by atoms with E-state index in [9.17, 15) is 10.2 Å². The van der Waals surface area contributed by atoms with E-state index in [1.165, 1.54) is 0 Å². The fourth-order valence-corrected chi connectivity index (χ4v) is 3.95. The fourth-order valence-electron chi connectivity index (χ4n) is 3.95. The van der Waals surface area contributed by atoms with Crippen molar-refractivity contribution in [3.05, 3.63) is 57.6 Å². The van der Waals surface area contributed by atoms with Crippen LogP contribution in [0.1, 0.15) is 116 Å². The van der Waals surface area contributed by atoms with Crippen LogP contribution < -0.4 is 0 Å². The van der Waals surface area contributed by atoms with Crippen LogP contribution in [0.4, 0.5) is 0 Å². The van der Waals surface area contributed by atoms with Crippen LogP contribution in [-0.2, 0) is 21.7 Å². The predicted octanol–water partition coefficient (Wildman–Crippen LogP) is 7.74. The molecule has 0 bridgehead atoms. The molecule has 0 fully saturated rings. The van der Waals surface area contributed by atoms with Gasteiger partial charge in [0, 0.05) is 22.3 Å². The molecule has 0 amide bonds. The third-order valence-electron chi connectivity index (χ3n) is 5.98. The number of phenols is 2. The molecule has 2 aromatic rings. The van der Waals surface area contributed by atoms with Gasteiger partial charge in [-0.15, -0.1) is 0 Å². The van der Waals surface area contributed by atoms with Gasteiger partial charge in [-0.05, 0) is 57.1 Å². The van der Waals surface area contributed by atoms with Gasteiger partial charge in [-0.3, -0.25) is 0 Å². The minimum absolute atomic E-state index is 0.198.